The second-order valence-electron chi connectivity index (χ2n) is 11.3. The minimum Gasteiger partial charge on any atom is -0.510 e. The van der Waals surface area contributed by atoms with Crippen LogP contribution in [0.5, 0.6) is 5.75 Å². The molecule has 11 heteroatoms. The number of benzene rings is 1. The van der Waals surface area contributed by atoms with E-state index in [0.29, 0.717) is 29.2 Å². The van der Waals surface area contributed by atoms with Crippen molar-refractivity contribution in [2.45, 2.75) is 50.9 Å². The number of allylic oxidation sites excluding steroid dienone is 1. The first-order valence-electron chi connectivity index (χ1n) is 13.1. The zero-order valence-corrected chi connectivity index (χ0v) is 22.7. The van der Waals surface area contributed by atoms with E-state index in [2.05, 4.69) is 5.32 Å². The number of hydrogen-bond acceptors (Lipinski definition) is 10. The van der Waals surface area contributed by atoms with Crippen LogP contribution in [0.1, 0.15) is 41.9 Å². The summed E-state index contributed by atoms with van der Waals surface area (Å²) < 4.78 is 6.04. The molecular formula is C29H33N3O8. The van der Waals surface area contributed by atoms with Crippen LogP contribution in [0, 0.1) is 11.8 Å². The standard InChI is InChI=1S/C29H33N3O8/c1-12(2)31-11-14-5-8-19(40-14)15-6-7-18(33)21-16(15)9-13-10-17-23(32(3)4)25(35)22(28(30)38)27(37)29(17,39)26(36)20(13)24(21)34/h5-8,12-13,17,23,31,33,35-36,39H,9-11H2,1-4H3,(H2,30,38)/t13-,17-,23?,29-/m1/s1. The Kier molecular flexibility index (Phi) is 6.64. The summed E-state index contributed by atoms with van der Waals surface area (Å²) in [4.78, 5) is 40.9. The van der Waals surface area contributed by atoms with Crippen LogP contribution >= 0.6 is 0 Å². The number of Topliss-reactive ketones (excluding diaryl/α,β-unsaturated/α-hetero) is 2. The Morgan fingerprint density at radius 2 is 1.88 bits per heavy atom. The summed E-state index contributed by atoms with van der Waals surface area (Å²) in [5.41, 5.74) is 2.71. The smallest absolute Gasteiger partial charge is 0.255 e. The molecule has 1 aromatic heterocycles. The highest BCUT2D eigenvalue weighted by Crippen LogP contribution is 2.53. The number of likely N-dealkylation sites (N-methyl/N-ethyl adjacent to an activating group) is 1. The second-order valence-corrected chi connectivity index (χ2v) is 11.3. The number of amides is 1. The van der Waals surface area contributed by atoms with E-state index in [1.165, 1.54) is 11.0 Å². The van der Waals surface area contributed by atoms with Gasteiger partial charge < -0.3 is 35.9 Å². The van der Waals surface area contributed by atoms with E-state index in [1.807, 2.05) is 19.9 Å². The van der Waals surface area contributed by atoms with Gasteiger partial charge in [-0.1, -0.05) is 13.8 Å². The van der Waals surface area contributed by atoms with Gasteiger partial charge in [-0.2, -0.15) is 0 Å². The Balaban J connectivity index is 1.64. The maximum Gasteiger partial charge on any atom is 0.255 e. The van der Waals surface area contributed by atoms with E-state index in [1.54, 1.807) is 26.2 Å². The normalized spacial score (nSPS) is 26.3. The van der Waals surface area contributed by atoms with Crippen LogP contribution in [-0.4, -0.2) is 74.6 Å². The predicted molar refractivity (Wildman–Crippen MR) is 143 cm³/mol. The third-order valence-corrected chi connectivity index (χ3v) is 8.22. The van der Waals surface area contributed by atoms with Crippen molar-refractivity contribution < 1.29 is 39.2 Å². The summed E-state index contributed by atoms with van der Waals surface area (Å²) in [6.07, 6.45) is 0.196. The number of hydrogen-bond donors (Lipinski definition) is 6. The summed E-state index contributed by atoms with van der Waals surface area (Å²) >= 11 is 0. The van der Waals surface area contributed by atoms with Crippen molar-refractivity contribution in [3.63, 3.8) is 0 Å². The Hall–Kier alpha value is -3.93. The molecule has 0 saturated carbocycles. The van der Waals surface area contributed by atoms with Gasteiger partial charge in [0.1, 0.15) is 34.4 Å². The molecule has 3 aliphatic rings. The maximum atomic E-state index is 13.9. The average Bonchev–Trinajstić information content (AvgIpc) is 3.33. The number of nitrogens with two attached hydrogens (primary N) is 1. The lowest BCUT2D eigenvalue weighted by Crippen LogP contribution is -2.63. The lowest BCUT2D eigenvalue weighted by atomic mass is 9.58. The number of carbonyl (C=O) groups excluding carboxylic acids is 3. The molecule has 0 radical (unpaired) electrons. The Bertz CT molecular complexity index is 1500. The number of fused-ring (bicyclic) bond motifs is 3. The third-order valence-electron chi connectivity index (χ3n) is 8.22. The molecule has 7 N–H and O–H groups in total. The molecule has 2 aromatic rings. The fraction of sp³-hybridized carbons (Fsp3) is 0.414. The van der Waals surface area contributed by atoms with Gasteiger partial charge in [0.05, 0.1) is 18.2 Å². The molecule has 1 heterocycles. The number of phenols is 1. The molecule has 1 amide bonds. The SMILES string of the molecule is CC(C)NCc1ccc(-c2ccc(O)c3c2C[C@@H]2C[C@@H]4C(N(C)C)C(O)=C(C(N)=O)C(=O)[C@]4(O)C(O)=C2C3=O)o1. The summed E-state index contributed by atoms with van der Waals surface area (Å²) in [5, 5.41) is 48.0. The van der Waals surface area contributed by atoms with Crippen LogP contribution in [0.25, 0.3) is 11.3 Å². The Labute approximate surface area is 230 Å². The van der Waals surface area contributed by atoms with Crippen molar-refractivity contribution in [2.75, 3.05) is 14.1 Å². The van der Waals surface area contributed by atoms with Crippen molar-refractivity contribution >= 4 is 17.5 Å². The summed E-state index contributed by atoms with van der Waals surface area (Å²) in [6.45, 7) is 4.54. The highest BCUT2D eigenvalue weighted by molar-refractivity contribution is 6.24. The van der Waals surface area contributed by atoms with Crippen molar-refractivity contribution in [1.29, 1.82) is 0 Å². The van der Waals surface area contributed by atoms with Gasteiger partial charge in [0, 0.05) is 23.1 Å². The first-order valence-corrected chi connectivity index (χ1v) is 13.1. The number of nitrogens with one attached hydrogen (secondary N) is 1. The highest BCUT2D eigenvalue weighted by atomic mass is 16.4. The minimum atomic E-state index is -2.67. The Morgan fingerprint density at radius 1 is 1.18 bits per heavy atom. The largest absolute Gasteiger partial charge is 0.510 e. The van der Waals surface area contributed by atoms with Gasteiger partial charge in [-0.25, -0.2) is 0 Å². The molecule has 3 aliphatic carbocycles. The molecule has 4 atom stereocenters. The number of rotatable bonds is 6. The van der Waals surface area contributed by atoms with E-state index in [9.17, 15) is 34.8 Å². The van der Waals surface area contributed by atoms with Crippen molar-refractivity contribution in [3.05, 3.63) is 63.8 Å². The lowest BCUT2D eigenvalue weighted by molar-refractivity contribution is -0.148. The third kappa shape index (κ3) is 3.95. The highest BCUT2D eigenvalue weighted by Gasteiger charge is 2.63. The number of furan rings is 1. The van der Waals surface area contributed by atoms with E-state index < -0.39 is 58.0 Å². The molecule has 0 bridgehead atoms. The molecule has 0 spiro atoms. The van der Waals surface area contributed by atoms with Gasteiger partial charge in [-0.3, -0.25) is 19.3 Å². The predicted octanol–water partition coefficient (Wildman–Crippen LogP) is 1.88. The molecule has 11 nitrogen and oxygen atoms in total. The molecule has 212 valence electrons. The molecule has 40 heavy (non-hydrogen) atoms. The van der Waals surface area contributed by atoms with Gasteiger partial charge in [0.2, 0.25) is 5.78 Å². The van der Waals surface area contributed by atoms with Gasteiger partial charge in [-0.05, 0) is 62.7 Å². The number of aliphatic hydroxyl groups is 3. The molecule has 1 unspecified atom stereocenters. The van der Waals surface area contributed by atoms with Gasteiger partial charge in [0.25, 0.3) is 5.91 Å². The lowest BCUT2D eigenvalue weighted by Gasteiger charge is -2.50. The van der Waals surface area contributed by atoms with Gasteiger partial charge in [0.15, 0.2) is 11.4 Å². The van der Waals surface area contributed by atoms with E-state index in [-0.39, 0.29) is 35.8 Å². The van der Waals surface area contributed by atoms with Crippen molar-refractivity contribution in [3.8, 4) is 17.1 Å². The monoisotopic (exact) mass is 551 g/mol. The molecule has 0 saturated heterocycles. The number of phenolic OH excluding ortho intramolecular Hbond substituents is 1. The zero-order chi connectivity index (χ0) is 29.3. The molecule has 0 fully saturated rings. The van der Waals surface area contributed by atoms with Crippen molar-refractivity contribution in [1.82, 2.24) is 10.2 Å². The topological polar surface area (TPSA) is 187 Å². The number of nitrogens with zero attached hydrogens (tertiary/aromatic N) is 1. The first-order chi connectivity index (χ1) is 18.8. The van der Waals surface area contributed by atoms with Crippen LogP contribution in [0.3, 0.4) is 0 Å². The first kappa shape index (κ1) is 27.6. The summed E-state index contributed by atoms with van der Waals surface area (Å²) in [5.74, 6) is -5.64. The van der Waals surface area contributed by atoms with E-state index >= 15 is 0 Å². The van der Waals surface area contributed by atoms with Crippen LogP contribution in [-0.2, 0) is 22.6 Å². The summed E-state index contributed by atoms with van der Waals surface area (Å²) in [7, 11) is 3.18. The molecule has 5 rings (SSSR count). The minimum absolute atomic E-state index is 0.0164. The number of primary amides is 1. The van der Waals surface area contributed by atoms with Crippen LogP contribution < -0.4 is 11.1 Å². The number of carbonyl (C=O) groups is 3. The van der Waals surface area contributed by atoms with Gasteiger partial charge >= 0.3 is 0 Å². The molecule has 1 aromatic carbocycles. The fourth-order valence-corrected chi connectivity index (χ4v) is 6.40. The molecular weight excluding hydrogens is 518 g/mol. The Morgan fingerprint density at radius 3 is 2.50 bits per heavy atom. The number of aliphatic hydroxyl groups excluding tert-OH is 2. The molecule has 0 aliphatic heterocycles. The second kappa shape index (κ2) is 9.61. The number of aromatic hydroxyl groups is 1. The van der Waals surface area contributed by atoms with E-state index in [0.717, 1.165) is 0 Å². The van der Waals surface area contributed by atoms with Crippen LogP contribution in [0.2, 0.25) is 0 Å². The number of ketones is 2. The van der Waals surface area contributed by atoms with Crippen LogP contribution in [0.4, 0.5) is 0 Å². The zero-order valence-electron chi connectivity index (χ0n) is 22.7. The maximum absolute atomic E-state index is 13.9. The average molecular weight is 552 g/mol. The van der Waals surface area contributed by atoms with Gasteiger partial charge in [-0.15, -0.1) is 0 Å². The van der Waals surface area contributed by atoms with Crippen molar-refractivity contribution in [2.24, 2.45) is 17.6 Å². The fourth-order valence-electron chi connectivity index (χ4n) is 6.40. The quantitative estimate of drug-likeness (QED) is 0.289. The van der Waals surface area contributed by atoms with Crippen LogP contribution in [0.15, 0.2) is 51.3 Å². The summed E-state index contributed by atoms with van der Waals surface area (Å²) in [6, 6.07) is 5.84. The van der Waals surface area contributed by atoms with E-state index in [4.69, 9.17) is 10.2 Å².